The van der Waals surface area contributed by atoms with E-state index in [0.29, 0.717) is 22.4 Å². The molecule has 1 aromatic rings. The highest BCUT2D eigenvalue weighted by molar-refractivity contribution is 6.40. The molecule has 0 amide bonds. The van der Waals surface area contributed by atoms with Crippen molar-refractivity contribution in [3.8, 4) is 0 Å². The lowest BCUT2D eigenvalue weighted by Crippen LogP contribution is -2.40. The molecular formula is C21H12NO3. The van der Waals surface area contributed by atoms with Crippen LogP contribution in [0.2, 0.25) is 0 Å². The van der Waals surface area contributed by atoms with E-state index in [-0.39, 0.29) is 28.8 Å². The van der Waals surface area contributed by atoms with Gasteiger partial charge in [0.2, 0.25) is 0 Å². The molecule has 1 aliphatic heterocycles. The minimum absolute atomic E-state index is 0.0258. The van der Waals surface area contributed by atoms with Crippen LogP contribution in [-0.2, 0) is 4.79 Å². The molecule has 0 fully saturated rings. The number of fused-ring (bicyclic) bond motifs is 3. The lowest BCUT2D eigenvalue weighted by molar-refractivity contribution is -0.112. The summed E-state index contributed by atoms with van der Waals surface area (Å²) in [5.74, 6) is -1.07. The first-order valence-electron chi connectivity index (χ1n) is 8.04. The molecule has 1 heterocycles. The Kier molecular flexibility index (Phi) is 2.74. The number of nitrogens with one attached hydrogen (secondary N) is 1. The largest absolute Gasteiger partial charge is 0.374 e. The van der Waals surface area contributed by atoms with Crippen molar-refractivity contribution in [3.05, 3.63) is 100 Å². The molecule has 119 valence electrons. The van der Waals surface area contributed by atoms with Crippen LogP contribution in [0.25, 0.3) is 0 Å². The zero-order chi connectivity index (χ0) is 17.1. The second kappa shape index (κ2) is 4.86. The molecule has 0 spiro atoms. The maximum atomic E-state index is 13.1. The lowest BCUT2D eigenvalue weighted by atomic mass is 9.74. The average Bonchev–Trinajstić information content (AvgIpc) is 2.64. The number of Topliss-reactive ketones (excluding diaryl/α,β-unsaturated/α-hetero) is 3. The molecule has 0 saturated carbocycles. The molecule has 0 saturated heterocycles. The van der Waals surface area contributed by atoms with Gasteiger partial charge in [-0.15, -0.1) is 0 Å². The fraction of sp³-hybridized carbons (Fsp3) is 0.0476. The summed E-state index contributed by atoms with van der Waals surface area (Å²) in [6, 6.07) is 6.58. The van der Waals surface area contributed by atoms with Crippen LogP contribution in [0.3, 0.4) is 0 Å². The summed E-state index contributed by atoms with van der Waals surface area (Å²) in [6.45, 7) is 0. The van der Waals surface area contributed by atoms with Gasteiger partial charge in [-0.2, -0.15) is 0 Å². The molecule has 4 aliphatic rings. The van der Waals surface area contributed by atoms with E-state index in [1.54, 1.807) is 24.3 Å². The van der Waals surface area contributed by atoms with Gasteiger partial charge in [0.1, 0.15) is 0 Å². The van der Waals surface area contributed by atoms with Gasteiger partial charge in [-0.3, -0.25) is 14.4 Å². The molecule has 3 aliphatic carbocycles. The molecule has 5 rings (SSSR count). The Balaban J connectivity index is 1.74. The third-order valence-electron chi connectivity index (χ3n) is 4.88. The van der Waals surface area contributed by atoms with Gasteiger partial charge in [0.05, 0.1) is 29.3 Å². The van der Waals surface area contributed by atoms with E-state index in [0.717, 1.165) is 5.57 Å². The first-order chi connectivity index (χ1) is 12.1. The molecule has 0 aromatic heterocycles. The van der Waals surface area contributed by atoms with Crippen LogP contribution in [0, 0.1) is 6.42 Å². The molecule has 1 unspecified atom stereocenters. The number of rotatable bonds is 0. The summed E-state index contributed by atoms with van der Waals surface area (Å²) >= 11 is 0. The van der Waals surface area contributed by atoms with E-state index in [1.807, 2.05) is 30.4 Å². The van der Waals surface area contributed by atoms with Crippen LogP contribution in [0.4, 0.5) is 0 Å². The second-order valence-electron chi connectivity index (χ2n) is 6.30. The van der Waals surface area contributed by atoms with Gasteiger partial charge >= 0.3 is 0 Å². The summed E-state index contributed by atoms with van der Waals surface area (Å²) in [6.07, 6.45) is 11.1. The predicted octanol–water partition coefficient (Wildman–Crippen LogP) is 2.43. The highest BCUT2D eigenvalue weighted by Gasteiger charge is 2.42. The molecular weight excluding hydrogens is 314 g/mol. The zero-order valence-corrected chi connectivity index (χ0v) is 13.1. The van der Waals surface area contributed by atoms with E-state index >= 15 is 0 Å². The second-order valence-corrected chi connectivity index (χ2v) is 6.30. The van der Waals surface area contributed by atoms with Crippen molar-refractivity contribution < 1.29 is 14.4 Å². The topological polar surface area (TPSA) is 63.2 Å². The Morgan fingerprint density at radius 2 is 1.60 bits per heavy atom. The molecule has 1 N–H and O–H groups in total. The number of carbonyl (C=O) groups excluding carboxylic acids is 3. The minimum atomic E-state index is -0.408. The van der Waals surface area contributed by atoms with Crippen molar-refractivity contribution in [2.75, 3.05) is 0 Å². The van der Waals surface area contributed by atoms with Gasteiger partial charge < -0.3 is 5.32 Å². The lowest BCUT2D eigenvalue weighted by Gasteiger charge is -2.34. The van der Waals surface area contributed by atoms with Crippen molar-refractivity contribution >= 4 is 17.3 Å². The minimum Gasteiger partial charge on any atom is -0.374 e. The van der Waals surface area contributed by atoms with Gasteiger partial charge in [0, 0.05) is 11.1 Å². The quantitative estimate of drug-likeness (QED) is 0.744. The van der Waals surface area contributed by atoms with Crippen molar-refractivity contribution in [2.45, 2.75) is 6.04 Å². The Morgan fingerprint density at radius 1 is 0.880 bits per heavy atom. The first-order valence-corrected chi connectivity index (χ1v) is 8.04. The molecule has 4 nitrogen and oxygen atoms in total. The third-order valence-corrected chi connectivity index (χ3v) is 4.88. The van der Waals surface area contributed by atoms with Crippen molar-refractivity contribution in [1.29, 1.82) is 0 Å². The summed E-state index contributed by atoms with van der Waals surface area (Å²) in [4.78, 5) is 38.5. The number of hydrogen-bond acceptors (Lipinski definition) is 4. The van der Waals surface area contributed by atoms with Gasteiger partial charge in [-0.25, -0.2) is 0 Å². The molecule has 1 aromatic carbocycles. The summed E-state index contributed by atoms with van der Waals surface area (Å²) < 4.78 is 0. The van der Waals surface area contributed by atoms with Gasteiger partial charge in [0.15, 0.2) is 17.3 Å². The van der Waals surface area contributed by atoms with Crippen molar-refractivity contribution in [3.63, 3.8) is 0 Å². The Labute approximate surface area is 143 Å². The highest BCUT2D eigenvalue weighted by atomic mass is 16.2. The van der Waals surface area contributed by atoms with Crippen LogP contribution in [0.1, 0.15) is 20.7 Å². The van der Waals surface area contributed by atoms with E-state index < -0.39 is 5.78 Å². The highest BCUT2D eigenvalue weighted by Crippen LogP contribution is 2.38. The summed E-state index contributed by atoms with van der Waals surface area (Å²) in [5.41, 5.74) is 3.05. The number of ketones is 3. The van der Waals surface area contributed by atoms with Crippen LogP contribution in [0.15, 0.2) is 82.6 Å². The number of benzene rings is 1. The van der Waals surface area contributed by atoms with Gasteiger partial charge in [-0.1, -0.05) is 54.6 Å². The van der Waals surface area contributed by atoms with E-state index in [2.05, 4.69) is 5.32 Å². The molecule has 1 radical (unpaired) electrons. The third kappa shape index (κ3) is 1.85. The van der Waals surface area contributed by atoms with Gasteiger partial charge in [0.25, 0.3) is 0 Å². The molecule has 0 bridgehead atoms. The standard InChI is InChI=1S/C21H12NO3/c23-16-10-12-9-11-5-1-4-8-15(11)22-19(12)18-17(16)20(24)13-6-2-3-7-14(13)21(18)25/h1-10,15,22H. The monoisotopic (exact) mass is 326 g/mol. The maximum Gasteiger partial charge on any atom is 0.198 e. The predicted molar refractivity (Wildman–Crippen MR) is 91.7 cm³/mol. The summed E-state index contributed by atoms with van der Waals surface area (Å²) in [7, 11) is 0. The van der Waals surface area contributed by atoms with Crippen LogP contribution >= 0.6 is 0 Å². The number of dihydropyridines is 1. The average molecular weight is 326 g/mol. The molecule has 1 atom stereocenters. The number of hydrogen-bond donors (Lipinski definition) is 1. The van der Waals surface area contributed by atoms with E-state index in [1.165, 1.54) is 6.42 Å². The zero-order valence-electron chi connectivity index (χ0n) is 13.1. The Hall–Kier alpha value is -3.27. The van der Waals surface area contributed by atoms with Crippen molar-refractivity contribution in [2.24, 2.45) is 0 Å². The fourth-order valence-corrected chi connectivity index (χ4v) is 3.71. The van der Waals surface area contributed by atoms with Crippen LogP contribution in [-0.4, -0.2) is 23.4 Å². The summed E-state index contributed by atoms with van der Waals surface area (Å²) in [5, 5.41) is 3.32. The Morgan fingerprint density at radius 3 is 2.36 bits per heavy atom. The smallest absolute Gasteiger partial charge is 0.198 e. The van der Waals surface area contributed by atoms with Crippen LogP contribution in [0.5, 0.6) is 0 Å². The SMILES string of the molecule is O=C1[CH]C2=C(NC3C=CC=CC3=C2)C2=C1C(=O)c1ccccc1C2=O. The first kappa shape index (κ1) is 14.1. The normalized spacial score (nSPS) is 23.6. The van der Waals surface area contributed by atoms with Crippen molar-refractivity contribution in [1.82, 2.24) is 5.32 Å². The molecule has 25 heavy (non-hydrogen) atoms. The molecule has 4 heteroatoms. The number of allylic oxidation sites excluding steroid dienone is 6. The fourth-order valence-electron chi connectivity index (χ4n) is 3.71. The van der Waals surface area contributed by atoms with E-state index in [4.69, 9.17) is 0 Å². The maximum absolute atomic E-state index is 13.1. The Bertz CT molecular complexity index is 1050. The van der Waals surface area contributed by atoms with Gasteiger partial charge in [-0.05, 0) is 11.1 Å². The van der Waals surface area contributed by atoms with Crippen LogP contribution < -0.4 is 5.32 Å². The number of carbonyl (C=O) groups is 3. The van der Waals surface area contributed by atoms with E-state index in [9.17, 15) is 14.4 Å².